The van der Waals surface area contributed by atoms with Gasteiger partial charge >= 0.3 is 0 Å². The van der Waals surface area contributed by atoms with Crippen LogP contribution in [-0.2, 0) is 4.79 Å². The van der Waals surface area contributed by atoms with Gasteiger partial charge in [0, 0.05) is 14.2 Å². The zero-order valence-electron chi connectivity index (χ0n) is 12.5. The van der Waals surface area contributed by atoms with Crippen LogP contribution in [0.1, 0.15) is 17.3 Å². The van der Waals surface area contributed by atoms with Crippen molar-refractivity contribution < 1.29 is 14.3 Å². The van der Waals surface area contributed by atoms with Crippen molar-refractivity contribution in [2.45, 2.75) is 13.0 Å². The lowest BCUT2D eigenvalue weighted by molar-refractivity contribution is -0.128. The molecule has 0 heterocycles. The molecule has 24 heavy (non-hydrogen) atoms. The molecule has 2 N–H and O–H groups in total. The summed E-state index contributed by atoms with van der Waals surface area (Å²) in [5, 5.41) is 0.763. The van der Waals surface area contributed by atoms with Gasteiger partial charge in [-0.2, -0.15) is 0 Å². The maximum absolute atomic E-state index is 12.0. The molecule has 1 atom stereocenters. The molecule has 0 spiro atoms. The Bertz CT molecular complexity index is 771. The average Bonchev–Trinajstić information content (AvgIpc) is 2.54. The van der Waals surface area contributed by atoms with Crippen LogP contribution in [0, 0.1) is 3.57 Å². The van der Waals surface area contributed by atoms with E-state index in [1.807, 2.05) is 6.07 Å². The van der Waals surface area contributed by atoms with E-state index in [-0.39, 0.29) is 0 Å². The highest BCUT2D eigenvalue weighted by molar-refractivity contribution is 14.1. The number of halogens is 3. The molecule has 0 bridgehead atoms. The molecule has 0 aliphatic rings. The number of ether oxygens (including phenoxy) is 1. The molecule has 2 rings (SSSR count). The van der Waals surface area contributed by atoms with Gasteiger partial charge in [-0.25, -0.2) is 0 Å². The molecule has 8 heteroatoms. The summed E-state index contributed by atoms with van der Waals surface area (Å²) in [6.07, 6.45) is -0.861. The van der Waals surface area contributed by atoms with Crippen LogP contribution in [0.25, 0.3) is 0 Å². The van der Waals surface area contributed by atoms with Gasteiger partial charge in [0.2, 0.25) is 0 Å². The zero-order chi connectivity index (χ0) is 17.7. The second-order valence-corrected chi connectivity index (χ2v) is 6.88. The van der Waals surface area contributed by atoms with Crippen molar-refractivity contribution in [3.63, 3.8) is 0 Å². The molecule has 0 saturated heterocycles. The summed E-state index contributed by atoms with van der Waals surface area (Å²) in [6, 6.07) is 11.7. The van der Waals surface area contributed by atoms with E-state index in [0.29, 0.717) is 21.4 Å². The first-order chi connectivity index (χ1) is 11.4. The first kappa shape index (κ1) is 18.8. The minimum absolute atomic E-state index is 0.296. The van der Waals surface area contributed by atoms with E-state index in [2.05, 4.69) is 33.4 Å². The van der Waals surface area contributed by atoms with Gasteiger partial charge in [0.05, 0.1) is 5.02 Å². The fourth-order valence-electron chi connectivity index (χ4n) is 1.74. The van der Waals surface area contributed by atoms with Crippen LogP contribution < -0.4 is 15.6 Å². The van der Waals surface area contributed by atoms with Crippen LogP contribution in [0.4, 0.5) is 0 Å². The predicted octanol–water partition coefficient (Wildman–Crippen LogP) is 3.83. The second-order valence-electron chi connectivity index (χ2n) is 4.79. The molecule has 0 saturated carbocycles. The summed E-state index contributed by atoms with van der Waals surface area (Å²) in [5.74, 6) is -0.605. The Kier molecular flexibility index (Phi) is 6.70. The molecule has 2 aromatic carbocycles. The number of benzene rings is 2. The van der Waals surface area contributed by atoms with Crippen molar-refractivity contribution in [3.05, 3.63) is 61.6 Å². The van der Waals surface area contributed by atoms with Gasteiger partial charge in [-0.05, 0) is 65.9 Å². The predicted molar refractivity (Wildman–Crippen MR) is 101 cm³/mol. The smallest absolute Gasteiger partial charge is 0.279 e. The second kappa shape index (κ2) is 8.55. The van der Waals surface area contributed by atoms with Crippen LogP contribution in [0.3, 0.4) is 0 Å². The summed E-state index contributed by atoms with van der Waals surface area (Å²) in [7, 11) is 0. The molecule has 0 aromatic heterocycles. The van der Waals surface area contributed by atoms with Gasteiger partial charge in [0.15, 0.2) is 6.10 Å². The van der Waals surface area contributed by atoms with Gasteiger partial charge in [-0.15, -0.1) is 0 Å². The maximum atomic E-state index is 12.0. The van der Waals surface area contributed by atoms with Gasteiger partial charge < -0.3 is 4.74 Å². The first-order valence-electron chi connectivity index (χ1n) is 6.84. The summed E-state index contributed by atoms with van der Waals surface area (Å²) in [4.78, 5) is 24.0. The third kappa shape index (κ3) is 5.25. The third-order valence-corrected chi connectivity index (χ3v) is 4.15. The quantitative estimate of drug-likeness (QED) is 0.518. The average molecular weight is 479 g/mol. The highest BCUT2D eigenvalue weighted by atomic mass is 127. The van der Waals surface area contributed by atoms with E-state index in [1.54, 1.807) is 30.3 Å². The molecular formula is C16H13Cl2IN2O3. The lowest BCUT2D eigenvalue weighted by Crippen LogP contribution is -2.47. The Morgan fingerprint density at radius 2 is 1.88 bits per heavy atom. The van der Waals surface area contributed by atoms with Crippen molar-refractivity contribution in [1.29, 1.82) is 0 Å². The minimum Gasteiger partial charge on any atom is -0.479 e. The SMILES string of the molecule is CC(Oc1ccc(Cl)cc1Cl)C(=O)NNC(=O)c1cccc(I)c1. The normalized spacial score (nSPS) is 11.5. The number of rotatable bonds is 4. The van der Waals surface area contributed by atoms with E-state index in [1.165, 1.54) is 13.0 Å². The van der Waals surface area contributed by atoms with E-state index in [4.69, 9.17) is 27.9 Å². The van der Waals surface area contributed by atoms with E-state index < -0.39 is 17.9 Å². The van der Waals surface area contributed by atoms with Crippen LogP contribution in [0.15, 0.2) is 42.5 Å². The van der Waals surface area contributed by atoms with E-state index in [9.17, 15) is 9.59 Å². The molecular weight excluding hydrogens is 466 g/mol. The number of carbonyl (C=O) groups excluding carboxylic acids is 2. The Hall–Kier alpha value is -1.51. The fourth-order valence-corrected chi connectivity index (χ4v) is 2.73. The summed E-state index contributed by atoms with van der Waals surface area (Å²) in [6.45, 7) is 1.54. The van der Waals surface area contributed by atoms with Crippen molar-refractivity contribution in [2.24, 2.45) is 0 Å². The van der Waals surface area contributed by atoms with Gasteiger partial charge in [-0.1, -0.05) is 29.3 Å². The summed E-state index contributed by atoms with van der Waals surface area (Å²) < 4.78 is 6.38. The highest BCUT2D eigenvalue weighted by Crippen LogP contribution is 2.28. The number of amides is 2. The van der Waals surface area contributed by atoms with Crippen LogP contribution in [0.2, 0.25) is 10.0 Å². The standard InChI is InChI=1S/C16H13Cl2IN2O3/c1-9(24-14-6-5-11(17)8-13(14)18)15(22)20-21-16(23)10-3-2-4-12(19)7-10/h2-9H,1H3,(H,20,22)(H,21,23). The molecule has 2 aromatic rings. The molecule has 0 aliphatic heterocycles. The Labute approximate surface area is 162 Å². The molecule has 2 amide bonds. The Morgan fingerprint density at radius 1 is 1.12 bits per heavy atom. The number of nitrogens with one attached hydrogen (secondary N) is 2. The van der Waals surface area contributed by atoms with Gasteiger partial charge in [0.25, 0.3) is 11.8 Å². The van der Waals surface area contributed by atoms with E-state index >= 15 is 0 Å². The lowest BCUT2D eigenvalue weighted by atomic mass is 10.2. The van der Waals surface area contributed by atoms with Gasteiger partial charge in [-0.3, -0.25) is 20.4 Å². The van der Waals surface area contributed by atoms with Crippen LogP contribution >= 0.6 is 45.8 Å². The van der Waals surface area contributed by atoms with Crippen LogP contribution in [0.5, 0.6) is 5.75 Å². The van der Waals surface area contributed by atoms with Crippen molar-refractivity contribution in [1.82, 2.24) is 10.9 Å². The van der Waals surface area contributed by atoms with Crippen molar-refractivity contribution in [3.8, 4) is 5.75 Å². The van der Waals surface area contributed by atoms with Crippen LogP contribution in [-0.4, -0.2) is 17.9 Å². The Morgan fingerprint density at radius 3 is 2.54 bits per heavy atom. The number of hydrogen-bond acceptors (Lipinski definition) is 3. The summed E-state index contributed by atoms with van der Waals surface area (Å²) in [5.41, 5.74) is 5.10. The molecule has 0 radical (unpaired) electrons. The molecule has 0 fully saturated rings. The monoisotopic (exact) mass is 478 g/mol. The molecule has 1 unspecified atom stereocenters. The lowest BCUT2D eigenvalue weighted by Gasteiger charge is -2.16. The molecule has 0 aliphatic carbocycles. The number of hydrazine groups is 1. The topological polar surface area (TPSA) is 67.4 Å². The number of carbonyl (C=O) groups is 2. The van der Waals surface area contributed by atoms with Crippen molar-refractivity contribution in [2.75, 3.05) is 0 Å². The highest BCUT2D eigenvalue weighted by Gasteiger charge is 2.17. The largest absolute Gasteiger partial charge is 0.479 e. The molecule has 5 nitrogen and oxygen atoms in total. The minimum atomic E-state index is -0.861. The Balaban J connectivity index is 1.90. The first-order valence-corrected chi connectivity index (χ1v) is 8.68. The van der Waals surface area contributed by atoms with E-state index in [0.717, 1.165) is 3.57 Å². The van der Waals surface area contributed by atoms with Gasteiger partial charge in [0.1, 0.15) is 5.75 Å². The third-order valence-electron chi connectivity index (χ3n) is 2.95. The maximum Gasteiger partial charge on any atom is 0.279 e. The summed E-state index contributed by atoms with van der Waals surface area (Å²) >= 11 is 13.9. The van der Waals surface area contributed by atoms with Crippen molar-refractivity contribution >= 4 is 57.6 Å². The zero-order valence-corrected chi connectivity index (χ0v) is 16.1. The fraction of sp³-hybridized carbons (Fsp3) is 0.125. The number of hydrogen-bond donors (Lipinski definition) is 2. The molecule has 126 valence electrons.